The van der Waals surface area contributed by atoms with Crippen LogP contribution in [0.2, 0.25) is 0 Å². The molecule has 2 heterocycles. The summed E-state index contributed by atoms with van der Waals surface area (Å²) in [5.74, 6) is -0.562. The third kappa shape index (κ3) is 3.36. The summed E-state index contributed by atoms with van der Waals surface area (Å²) in [6, 6.07) is -0.0164. The molecule has 0 saturated carbocycles. The number of ether oxygens (including phenoxy) is 1. The fourth-order valence-electron chi connectivity index (χ4n) is 3.04. The molecule has 3 atom stereocenters. The van der Waals surface area contributed by atoms with Gasteiger partial charge < -0.3 is 26.0 Å². The molecule has 8 nitrogen and oxygen atoms in total. The van der Waals surface area contributed by atoms with E-state index < -0.39 is 11.8 Å². The van der Waals surface area contributed by atoms with Gasteiger partial charge in [-0.3, -0.25) is 10.1 Å². The van der Waals surface area contributed by atoms with Crippen molar-refractivity contribution in [3.8, 4) is 0 Å². The van der Waals surface area contributed by atoms with Gasteiger partial charge in [0.15, 0.2) is 5.66 Å². The second-order valence-corrected chi connectivity index (χ2v) is 6.46. The number of hydrogen-bond donors (Lipinski definition) is 4. The highest BCUT2D eigenvalue weighted by Crippen LogP contribution is 2.26. The largest absolute Gasteiger partial charge is 0.453 e. The highest BCUT2D eigenvalue weighted by molar-refractivity contribution is 5.90. The number of methoxy groups -OCH3 is 1. The Kier molecular flexibility index (Phi) is 5.03. The van der Waals surface area contributed by atoms with Gasteiger partial charge in [0.25, 0.3) is 5.91 Å². The third-order valence-electron chi connectivity index (χ3n) is 4.57. The van der Waals surface area contributed by atoms with Crippen molar-refractivity contribution in [2.75, 3.05) is 13.7 Å². The second-order valence-electron chi connectivity index (χ2n) is 6.46. The molecule has 2 rings (SSSR count). The normalized spacial score (nSPS) is 26.2. The van der Waals surface area contributed by atoms with Gasteiger partial charge in [-0.1, -0.05) is 13.8 Å². The van der Waals surface area contributed by atoms with Gasteiger partial charge in [0.05, 0.1) is 13.2 Å². The molecule has 1 fully saturated rings. The van der Waals surface area contributed by atoms with Crippen LogP contribution in [0.25, 0.3) is 0 Å². The molecular formula is C15H27N5O3. The fourth-order valence-corrected chi connectivity index (χ4v) is 3.04. The summed E-state index contributed by atoms with van der Waals surface area (Å²) in [6.45, 7) is 6.19. The lowest BCUT2D eigenvalue weighted by atomic mass is 9.94. The van der Waals surface area contributed by atoms with Crippen LogP contribution >= 0.6 is 0 Å². The minimum absolute atomic E-state index is 0.0164. The lowest BCUT2D eigenvalue weighted by molar-refractivity contribution is -0.141. The molecule has 2 amide bonds. The molecule has 2 aliphatic rings. The van der Waals surface area contributed by atoms with E-state index in [1.807, 2.05) is 13.1 Å². The van der Waals surface area contributed by atoms with E-state index in [0.29, 0.717) is 6.54 Å². The van der Waals surface area contributed by atoms with Gasteiger partial charge >= 0.3 is 6.09 Å². The minimum atomic E-state index is -1.49. The summed E-state index contributed by atoms with van der Waals surface area (Å²) in [4.78, 5) is 26.4. The standard InChI is InChI=1S/C15H27N5O3/c1-9(2)15(16,19-14(22)23-4)13(21)20-7-5-6-11(20)12-17-8-10(3)18-12/h8-9,11-12,17-18H,5-7,16H2,1-4H3,(H,19,22)/t11-,12?,15-/m0/s1. The third-order valence-corrected chi connectivity index (χ3v) is 4.57. The SMILES string of the molecule is COC(=O)N[C@](N)(C(=O)N1CCC[C@H]1C1NC=C(C)N1)C(C)C. The summed E-state index contributed by atoms with van der Waals surface area (Å²) < 4.78 is 4.62. The number of nitrogens with two attached hydrogens (primary N) is 1. The maximum Gasteiger partial charge on any atom is 0.408 e. The van der Waals surface area contributed by atoms with Gasteiger partial charge in [0.1, 0.15) is 6.17 Å². The molecule has 0 spiro atoms. The first-order valence-electron chi connectivity index (χ1n) is 7.95. The van der Waals surface area contributed by atoms with E-state index in [4.69, 9.17) is 5.73 Å². The Hall–Kier alpha value is -1.96. The van der Waals surface area contributed by atoms with Crippen molar-refractivity contribution in [2.24, 2.45) is 11.7 Å². The van der Waals surface area contributed by atoms with Crippen molar-refractivity contribution in [3.05, 3.63) is 11.9 Å². The molecule has 130 valence electrons. The minimum Gasteiger partial charge on any atom is -0.453 e. The Morgan fingerprint density at radius 1 is 1.52 bits per heavy atom. The van der Waals surface area contributed by atoms with Crippen LogP contribution in [0, 0.1) is 5.92 Å². The average Bonchev–Trinajstić information content (AvgIpc) is 3.14. The van der Waals surface area contributed by atoms with Gasteiger partial charge in [-0.05, 0) is 25.7 Å². The van der Waals surface area contributed by atoms with Crippen molar-refractivity contribution in [1.29, 1.82) is 0 Å². The number of carbonyl (C=O) groups is 2. The number of carbonyl (C=O) groups excluding carboxylic acids is 2. The Labute approximate surface area is 136 Å². The van der Waals surface area contributed by atoms with E-state index in [1.165, 1.54) is 7.11 Å². The molecule has 2 aliphatic heterocycles. The number of alkyl carbamates (subject to hydrolysis) is 1. The second kappa shape index (κ2) is 6.66. The van der Waals surface area contributed by atoms with Crippen LogP contribution in [0.15, 0.2) is 11.9 Å². The summed E-state index contributed by atoms with van der Waals surface area (Å²) in [5, 5.41) is 9.07. The molecule has 0 radical (unpaired) electrons. The molecule has 1 saturated heterocycles. The van der Waals surface area contributed by atoms with E-state index in [1.54, 1.807) is 18.7 Å². The predicted molar refractivity (Wildman–Crippen MR) is 85.8 cm³/mol. The first kappa shape index (κ1) is 17.4. The van der Waals surface area contributed by atoms with Crippen molar-refractivity contribution in [1.82, 2.24) is 20.9 Å². The van der Waals surface area contributed by atoms with Gasteiger partial charge in [0.2, 0.25) is 0 Å². The molecule has 23 heavy (non-hydrogen) atoms. The molecule has 0 aromatic heterocycles. The highest BCUT2D eigenvalue weighted by Gasteiger charge is 2.47. The highest BCUT2D eigenvalue weighted by atomic mass is 16.5. The molecule has 0 aromatic carbocycles. The van der Waals surface area contributed by atoms with Crippen LogP contribution in [0.1, 0.15) is 33.6 Å². The monoisotopic (exact) mass is 325 g/mol. The van der Waals surface area contributed by atoms with Crippen LogP contribution < -0.4 is 21.7 Å². The van der Waals surface area contributed by atoms with Crippen molar-refractivity contribution in [2.45, 2.75) is 51.5 Å². The van der Waals surface area contributed by atoms with Gasteiger partial charge in [-0.25, -0.2) is 4.79 Å². The number of allylic oxidation sites excluding steroid dienone is 1. The summed E-state index contributed by atoms with van der Waals surface area (Å²) >= 11 is 0. The van der Waals surface area contributed by atoms with E-state index in [2.05, 4.69) is 20.7 Å². The molecule has 5 N–H and O–H groups in total. The average molecular weight is 325 g/mol. The molecule has 0 bridgehead atoms. The van der Waals surface area contributed by atoms with Crippen LogP contribution in [0.4, 0.5) is 4.79 Å². The quantitative estimate of drug-likeness (QED) is 0.543. The van der Waals surface area contributed by atoms with Gasteiger partial charge in [-0.2, -0.15) is 0 Å². The van der Waals surface area contributed by atoms with E-state index in [9.17, 15) is 9.59 Å². The number of likely N-dealkylation sites (tertiary alicyclic amines) is 1. The smallest absolute Gasteiger partial charge is 0.408 e. The van der Waals surface area contributed by atoms with Crippen molar-refractivity contribution >= 4 is 12.0 Å². The maximum atomic E-state index is 13.1. The zero-order valence-corrected chi connectivity index (χ0v) is 14.2. The van der Waals surface area contributed by atoms with Crippen molar-refractivity contribution in [3.63, 3.8) is 0 Å². The first-order chi connectivity index (χ1) is 10.8. The summed E-state index contributed by atoms with van der Waals surface area (Å²) in [6.07, 6.45) is 2.94. The molecule has 0 aromatic rings. The Morgan fingerprint density at radius 3 is 2.74 bits per heavy atom. The number of hydrogen-bond acceptors (Lipinski definition) is 6. The Morgan fingerprint density at radius 2 is 2.22 bits per heavy atom. The van der Waals surface area contributed by atoms with E-state index >= 15 is 0 Å². The van der Waals surface area contributed by atoms with E-state index in [0.717, 1.165) is 18.5 Å². The molecule has 8 heteroatoms. The number of nitrogens with zero attached hydrogens (tertiary/aromatic N) is 1. The van der Waals surface area contributed by atoms with Crippen LogP contribution in [0.3, 0.4) is 0 Å². The zero-order valence-electron chi connectivity index (χ0n) is 14.2. The Balaban J connectivity index is 2.16. The number of amides is 2. The maximum absolute atomic E-state index is 13.1. The lowest BCUT2D eigenvalue weighted by Crippen LogP contribution is -2.70. The lowest BCUT2D eigenvalue weighted by Gasteiger charge is -2.39. The van der Waals surface area contributed by atoms with E-state index in [-0.39, 0.29) is 24.0 Å². The Bertz CT molecular complexity index is 507. The van der Waals surface area contributed by atoms with Crippen LogP contribution in [-0.2, 0) is 9.53 Å². The number of nitrogens with one attached hydrogen (secondary N) is 3. The van der Waals surface area contributed by atoms with Crippen molar-refractivity contribution < 1.29 is 14.3 Å². The summed E-state index contributed by atoms with van der Waals surface area (Å²) in [5.41, 5.74) is 5.81. The van der Waals surface area contributed by atoms with Gasteiger partial charge in [0, 0.05) is 18.4 Å². The molecule has 1 unspecified atom stereocenters. The molecule has 0 aliphatic carbocycles. The first-order valence-corrected chi connectivity index (χ1v) is 7.95. The predicted octanol–water partition coefficient (Wildman–Crippen LogP) is 0.0246. The number of rotatable bonds is 4. The van der Waals surface area contributed by atoms with Crippen LogP contribution in [-0.4, -0.2) is 48.4 Å². The van der Waals surface area contributed by atoms with Crippen LogP contribution in [0.5, 0.6) is 0 Å². The van der Waals surface area contributed by atoms with Gasteiger partial charge in [-0.15, -0.1) is 0 Å². The molecular weight excluding hydrogens is 298 g/mol. The topological polar surface area (TPSA) is 109 Å². The fraction of sp³-hybridized carbons (Fsp3) is 0.733. The summed E-state index contributed by atoms with van der Waals surface area (Å²) in [7, 11) is 1.25. The zero-order chi connectivity index (χ0) is 17.2.